The van der Waals surface area contributed by atoms with Gasteiger partial charge in [-0.25, -0.2) is 5.43 Å². The van der Waals surface area contributed by atoms with E-state index in [1.54, 1.807) is 18.2 Å². The fraction of sp³-hybridized carbons (Fsp3) is 0.0909. The van der Waals surface area contributed by atoms with Gasteiger partial charge in [-0.3, -0.25) is 14.9 Å². The standard InChI is InChI=1S/C22H19N3O4/c26-22(14-18-10-4-6-12-20(18)25(27)28)24-23-15-19-11-5-7-13-21(19)29-16-17-8-2-1-3-9-17/h1-13,15H,14,16H2,(H,24,26). The minimum atomic E-state index is -0.508. The Morgan fingerprint density at radius 1 is 1.00 bits per heavy atom. The molecule has 0 heterocycles. The number of nitrogens with one attached hydrogen (secondary N) is 1. The van der Waals surface area contributed by atoms with Gasteiger partial charge < -0.3 is 4.74 Å². The molecule has 0 atom stereocenters. The third kappa shape index (κ3) is 5.74. The van der Waals surface area contributed by atoms with Gasteiger partial charge in [0.15, 0.2) is 0 Å². The number of nitro benzene ring substituents is 1. The molecule has 0 aliphatic heterocycles. The second-order valence-corrected chi connectivity index (χ2v) is 6.17. The van der Waals surface area contributed by atoms with Gasteiger partial charge in [0.2, 0.25) is 5.91 Å². The van der Waals surface area contributed by atoms with Crippen molar-refractivity contribution in [3.8, 4) is 5.75 Å². The Morgan fingerprint density at radius 2 is 1.69 bits per heavy atom. The third-order valence-electron chi connectivity index (χ3n) is 4.09. The van der Waals surface area contributed by atoms with E-state index in [0.29, 0.717) is 23.5 Å². The number of nitro groups is 1. The zero-order chi connectivity index (χ0) is 20.5. The largest absolute Gasteiger partial charge is 0.488 e. The SMILES string of the molecule is O=C(Cc1ccccc1[N+](=O)[O-])NN=Cc1ccccc1OCc1ccccc1. The van der Waals surface area contributed by atoms with Crippen molar-refractivity contribution in [2.45, 2.75) is 13.0 Å². The van der Waals surface area contributed by atoms with Crippen LogP contribution in [0.3, 0.4) is 0 Å². The average molecular weight is 389 g/mol. The van der Waals surface area contributed by atoms with Gasteiger partial charge in [-0.15, -0.1) is 0 Å². The molecule has 146 valence electrons. The van der Waals surface area contributed by atoms with Crippen molar-refractivity contribution >= 4 is 17.8 Å². The van der Waals surface area contributed by atoms with Gasteiger partial charge in [-0.05, 0) is 17.7 Å². The lowest BCUT2D eigenvalue weighted by Gasteiger charge is -2.09. The molecule has 1 amide bonds. The molecular weight excluding hydrogens is 370 g/mol. The molecule has 0 unspecified atom stereocenters. The smallest absolute Gasteiger partial charge is 0.273 e. The number of carbonyl (C=O) groups is 1. The zero-order valence-corrected chi connectivity index (χ0v) is 15.5. The second-order valence-electron chi connectivity index (χ2n) is 6.17. The molecule has 7 heteroatoms. The number of hydrogen-bond donors (Lipinski definition) is 1. The maximum Gasteiger partial charge on any atom is 0.273 e. The lowest BCUT2D eigenvalue weighted by atomic mass is 10.1. The Balaban J connectivity index is 1.60. The van der Waals surface area contributed by atoms with Gasteiger partial charge >= 0.3 is 0 Å². The highest BCUT2D eigenvalue weighted by Gasteiger charge is 2.15. The van der Waals surface area contributed by atoms with Crippen LogP contribution >= 0.6 is 0 Å². The molecule has 0 spiro atoms. The predicted octanol–water partition coefficient (Wildman–Crippen LogP) is 3.87. The van der Waals surface area contributed by atoms with Crippen molar-refractivity contribution < 1.29 is 14.5 Å². The fourth-order valence-corrected chi connectivity index (χ4v) is 2.68. The molecule has 0 fully saturated rings. The molecular formula is C22H19N3O4. The van der Waals surface area contributed by atoms with Gasteiger partial charge in [0.1, 0.15) is 12.4 Å². The summed E-state index contributed by atoms with van der Waals surface area (Å²) in [5.74, 6) is 0.186. The Labute approximate surface area is 167 Å². The highest BCUT2D eigenvalue weighted by Crippen LogP contribution is 2.19. The summed E-state index contributed by atoms with van der Waals surface area (Å²) in [6, 6.07) is 23.2. The van der Waals surface area contributed by atoms with Crippen LogP contribution in [0.25, 0.3) is 0 Å². The summed E-state index contributed by atoms with van der Waals surface area (Å²) in [5, 5.41) is 15.0. The maximum atomic E-state index is 12.1. The summed E-state index contributed by atoms with van der Waals surface area (Å²) >= 11 is 0. The first-order chi connectivity index (χ1) is 14.1. The normalized spacial score (nSPS) is 10.6. The quantitative estimate of drug-likeness (QED) is 0.359. The summed E-state index contributed by atoms with van der Waals surface area (Å²) in [4.78, 5) is 22.6. The van der Waals surface area contributed by atoms with E-state index >= 15 is 0 Å². The zero-order valence-electron chi connectivity index (χ0n) is 15.5. The fourth-order valence-electron chi connectivity index (χ4n) is 2.68. The molecule has 3 aromatic carbocycles. The van der Waals surface area contributed by atoms with Crippen molar-refractivity contribution in [2.24, 2.45) is 5.10 Å². The van der Waals surface area contributed by atoms with Crippen LogP contribution in [-0.2, 0) is 17.8 Å². The van der Waals surface area contributed by atoms with Crippen LogP contribution in [0.1, 0.15) is 16.7 Å². The first-order valence-corrected chi connectivity index (χ1v) is 8.93. The van der Waals surface area contributed by atoms with Crippen molar-refractivity contribution in [1.29, 1.82) is 0 Å². The van der Waals surface area contributed by atoms with Crippen LogP contribution in [0.15, 0.2) is 84.0 Å². The Kier molecular flexibility index (Phi) is 6.67. The number of nitrogens with zero attached hydrogens (tertiary/aromatic N) is 2. The molecule has 3 rings (SSSR count). The molecule has 29 heavy (non-hydrogen) atoms. The highest BCUT2D eigenvalue weighted by atomic mass is 16.6. The molecule has 7 nitrogen and oxygen atoms in total. The summed E-state index contributed by atoms with van der Waals surface area (Å²) in [6.45, 7) is 0.412. The number of rotatable bonds is 8. The van der Waals surface area contributed by atoms with Crippen molar-refractivity contribution in [3.05, 3.63) is 106 Å². The molecule has 0 saturated heterocycles. The first-order valence-electron chi connectivity index (χ1n) is 8.93. The summed E-state index contributed by atoms with van der Waals surface area (Å²) in [6.07, 6.45) is 1.35. The first kappa shape index (κ1) is 19.8. The van der Waals surface area contributed by atoms with Crippen LogP contribution in [0.2, 0.25) is 0 Å². The number of carbonyl (C=O) groups excluding carboxylic acids is 1. The molecule has 0 radical (unpaired) electrons. The molecule has 1 N–H and O–H groups in total. The number of para-hydroxylation sites is 2. The van der Waals surface area contributed by atoms with Gasteiger partial charge in [-0.2, -0.15) is 5.10 Å². The van der Waals surface area contributed by atoms with Crippen LogP contribution in [0, 0.1) is 10.1 Å². The molecule has 0 aromatic heterocycles. The minimum absolute atomic E-state index is 0.0914. The van der Waals surface area contributed by atoms with Crippen LogP contribution < -0.4 is 10.2 Å². The molecule has 3 aromatic rings. The number of benzene rings is 3. The molecule has 0 aliphatic carbocycles. The number of hydrazone groups is 1. The topological polar surface area (TPSA) is 93.8 Å². The predicted molar refractivity (Wildman–Crippen MR) is 110 cm³/mol. The monoisotopic (exact) mass is 389 g/mol. The lowest BCUT2D eigenvalue weighted by molar-refractivity contribution is -0.385. The van der Waals surface area contributed by atoms with Gasteiger partial charge in [0.05, 0.1) is 17.6 Å². The van der Waals surface area contributed by atoms with E-state index < -0.39 is 10.8 Å². The number of ether oxygens (including phenoxy) is 1. The number of hydrogen-bond acceptors (Lipinski definition) is 5. The van der Waals surface area contributed by atoms with Gasteiger partial charge in [-0.1, -0.05) is 60.7 Å². The van der Waals surface area contributed by atoms with Crippen LogP contribution in [-0.4, -0.2) is 17.0 Å². The van der Waals surface area contributed by atoms with E-state index in [-0.39, 0.29) is 12.1 Å². The molecule has 0 aliphatic rings. The van der Waals surface area contributed by atoms with Crippen molar-refractivity contribution in [2.75, 3.05) is 0 Å². The van der Waals surface area contributed by atoms with Gasteiger partial charge in [0, 0.05) is 17.2 Å². The maximum absolute atomic E-state index is 12.1. The Hall–Kier alpha value is -4.00. The second kappa shape index (κ2) is 9.80. The van der Waals surface area contributed by atoms with Crippen LogP contribution in [0.5, 0.6) is 5.75 Å². The van der Waals surface area contributed by atoms with Crippen molar-refractivity contribution in [3.63, 3.8) is 0 Å². The minimum Gasteiger partial charge on any atom is -0.488 e. The Morgan fingerprint density at radius 3 is 2.48 bits per heavy atom. The molecule has 0 bridgehead atoms. The van der Waals surface area contributed by atoms with E-state index in [4.69, 9.17) is 4.74 Å². The van der Waals surface area contributed by atoms with E-state index in [2.05, 4.69) is 10.5 Å². The van der Waals surface area contributed by atoms with E-state index in [0.717, 1.165) is 5.56 Å². The van der Waals surface area contributed by atoms with E-state index in [1.165, 1.54) is 12.3 Å². The molecule has 0 saturated carbocycles. The van der Waals surface area contributed by atoms with E-state index in [1.807, 2.05) is 54.6 Å². The number of amides is 1. The summed E-state index contributed by atoms with van der Waals surface area (Å²) < 4.78 is 5.84. The highest BCUT2D eigenvalue weighted by molar-refractivity contribution is 5.86. The van der Waals surface area contributed by atoms with Crippen LogP contribution in [0.4, 0.5) is 5.69 Å². The Bertz CT molecular complexity index is 1020. The summed E-state index contributed by atoms with van der Waals surface area (Å²) in [5.41, 5.74) is 4.38. The van der Waals surface area contributed by atoms with Crippen molar-refractivity contribution in [1.82, 2.24) is 5.43 Å². The van der Waals surface area contributed by atoms with E-state index in [9.17, 15) is 14.9 Å². The average Bonchev–Trinajstić information content (AvgIpc) is 2.74. The van der Waals surface area contributed by atoms with Gasteiger partial charge in [0.25, 0.3) is 5.69 Å². The summed E-state index contributed by atoms with van der Waals surface area (Å²) in [7, 11) is 0. The third-order valence-corrected chi connectivity index (χ3v) is 4.09. The lowest BCUT2D eigenvalue weighted by Crippen LogP contribution is -2.20.